The van der Waals surface area contributed by atoms with Crippen LogP contribution in [0.5, 0.6) is 5.75 Å². The van der Waals surface area contributed by atoms with Gasteiger partial charge in [0.2, 0.25) is 0 Å². The van der Waals surface area contributed by atoms with Gasteiger partial charge in [0, 0.05) is 20.1 Å². The molecular weight excluding hydrogens is 536 g/mol. The monoisotopic (exact) mass is 540 g/mol. The molecule has 2 aromatic carbocycles. The van der Waals surface area contributed by atoms with E-state index in [0.29, 0.717) is 20.1 Å². The standard InChI is InChI=1S/C7H4Br2O2.C7H4Br2O/c8-5-1-4(3-10)2-6(9)7(5)11;8-6-1-5(4-10)2-7(9)3-6/h1-3,11H;1-4H. The van der Waals surface area contributed by atoms with Crippen molar-refractivity contribution in [2.24, 2.45) is 0 Å². The van der Waals surface area contributed by atoms with Crippen molar-refractivity contribution in [1.29, 1.82) is 0 Å². The van der Waals surface area contributed by atoms with E-state index in [0.717, 1.165) is 21.5 Å². The third kappa shape index (κ3) is 6.02. The Morgan fingerprint density at radius 3 is 1.48 bits per heavy atom. The van der Waals surface area contributed by atoms with Gasteiger partial charge in [0.15, 0.2) is 0 Å². The molecule has 0 atom stereocenters. The third-order valence-electron chi connectivity index (χ3n) is 2.20. The van der Waals surface area contributed by atoms with Gasteiger partial charge in [-0.2, -0.15) is 0 Å². The van der Waals surface area contributed by atoms with Crippen LogP contribution in [0.25, 0.3) is 0 Å². The summed E-state index contributed by atoms with van der Waals surface area (Å²) in [5, 5.41) is 9.22. The highest BCUT2D eigenvalue weighted by atomic mass is 79.9. The zero-order chi connectivity index (χ0) is 16.0. The second kappa shape index (κ2) is 8.82. The van der Waals surface area contributed by atoms with E-state index in [2.05, 4.69) is 63.7 Å². The van der Waals surface area contributed by atoms with Gasteiger partial charge in [-0.1, -0.05) is 31.9 Å². The van der Waals surface area contributed by atoms with E-state index in [1.54, 1.807) is 24.3 Å². The Hall–Kier alpha value is -0.500. The van der Waals surface area contributed by atoms with Crippen LogP contribution in [0.3, 0.4) is 0 Å². The van der Waals surface area contributed by atoms with Crippen LogP contribution in [-0.2, 0) is 0 Å². The summed E-state index contributed by atoms with van der Waals surface area (Å²) in [4.78, 5) is 20.6. The molecule has 0 heterocycles. The quantitative estimate of drug-likeness (QED) is 0.491. The van der Waals surface area contributed by atoms with E-state index >= 15 is 0 Å². The molecule has 110 valence electrons. The van der Waals surface area contributed by atoms with E-state index in [1.165, 1.54) is 0 Å². The van der Waals surface area contributed by atoms with E-state index in [1.807, 2.05) is 6.07 Å². The summed E-state index contributed by atoms with van der Waals surface area (Å²) >= 11 is 12.7. The van der Waals surface area contributed by atoms with Gasteiger partial charge in [0.05, 0.1) is 8.95 Å². The molecule has 0 fully saturated rings. The van der Waals surface area contributed by atoms with E-state index in [-0.39, 0.29) is 5.75 Å². The minimum Gasteiger partial charge on any atom is -0.506 e. The first kappa shape index (κ1) is 18.5. The summed E-state index contributed by atoms with van der Waals surface area (Å²) in [5.74, 6) is 0.107. The normalized spacial score (nSPS) is 9.52. The molecule has 0 aliphatic rings. The number of phenols is 1. The average molecular weight is 544 g/mol. The Bertz CT molecular complexity index is 628. The number of phenolic OH excluding ortho intramolecular Hbond substituents is 1. The molecule has 1 N–H and O–H groups in total. The zero-order valence-corrected chi connectivity index (χ0v) is 16.7. The Labute approximate surface area is 155 Å². The Morgan fingerprint density at radius 1 is 0.714 bits per heavy atom. The topological polar surface area (TPSA) is 54.4 Å². The summed E-state index contributed by atoms with van der Waals surface area (Å²) in [6.45, 7) is 0. The molecule has 0 aliphatic heterocycles. The number of carbonyl (C=O) groups excluding carboxylic acids is 2. The summed E-state index contributed by atoms with van der Waals surface area (Å²) in [6, 6.07) is 8.50. The molecule has 0 amide bonds. The van der Waals surface area contributed by atoms with Crippen LogP contribution in [0.1, 0.15) is 20.7 Å². The fourth-order valence-electron chi connectivity index (χ4n) is 1.30. The second-order valence-electron chi connectivity index (χ2n) is 3.77. The molecule has 0 bridgehead atoms. The molecule has 7 heteroatoms. The van der Waals surface area contributed by atoms with E-state index < -0.39 is 0 Å². The van der Waals surface area contributed by atoms with E-state index in [4.69, 9.17) is 0 Å². The van der Waals surface area contributed by atoms with Gasteiger partial charge in [0.25, 0.3) is 0 Å². The largest absolute Gasteiger partial charge is 0.506 e. The lowest BCUT2D eigenvalue weighted by Gasteiger charge is -1.99. The number of carbonyl (C=O) groups is 2. The summed E-state index contributed by atoms with van der Waals surface area (Å²) in [7, 11) is 0. The highest BCUT2D eigenvalue weighted by molar-refractivity contribution is 9.11. The minimum atomic E-state index is 0.107. The van der Waals surface area contributed by atoms with Crippen LogP contribution in [0, 0.1) is 0 Å². The van der Waals surface area contributed by atoms with Crippen LogP contribution in [0.15, 0.2) is 48.2 Å². The molecule has 0 saturated heterocycles. The van der Waals surface area contributed by atoms with Crippen LogP contribution in [0.4, 0.5) is 0 Å². The highest BCUT2D eigenvalue weighted by Gasteiger charge is 2.04. The van der Waals surface area contributed by atoms with Crippen molar-refractivity contribution in [3.63, 3.8) is 0 Å². The number of hydrogen-bond donors (Lipinski definition) is 1. The van der Waals surface area contributed by atoms with Gasteiger partial charge >= 0.3 is 0 Å². The summed E-state index contributed by atoms with van der Waals surface area (Å²) in [5.41, 5.74) is 1.18. The molecule has 0 spiro atoms. The second-order valence-corrected chi connectivity index (χ2v) is 7.31. The van der Waals surface area contributed by atoms with Gasteiger partial charge in [-0.3, -0.25) is 9.59 Å². The SMILES string of the molecule is O=Cc1cc(Br)c(O)c(Br)c1.O=Cc1cc(Br)cc(Br)c1. The molecule has 2 aromatic rings. The summed E-state index contributed by atoms with van der Waals surface area (Å²) in [6.07, 6.45) is 1.53. The third-order valence-corrected chi connectivity index (χ3v) is 4.32. The maximum absolute atomic E-state index is 10.3. The number of rotatable bonds is 2. The maximum Gasteiger partial charge on any atom is 0.150 e. The van der Waals surface area contributed by atoms with Crippen LogP contribution in [0.2, 0.25) is 0 Å². The van der Waals surface area contributed by atoms with Gasteiger partial charge in [-0.05, 0) is 62.2 Å². The number of benzene rings is 2. The number of halogens is 4. The van der Waals surface area contributed by atoms with Crippen molar-refractivity contribution in [1.82, 2.24) is 0 Å². The molecule has 0 aromatic heterocycles. The molecular formula is C14H8Br4O3. The fraction of sp³-hybridized carbons (Fsp3) is 0. The van der Waals surface area contributed by atoms with E-state index in [9.17, 15) is 14.7 Å². The maximum atomic E-state index is 10.3. The van der Waals surface area contributed by atoms with Gasteiger partial charge in [0.1, 0.15) is 18.3 Å². The first-order valence-corrected chi connectivity index (χ1v) is 8.59. The molecule has 0 aliphatic carbocycles. The first-order chi connectivity index (χ1) is 9.87. The van der Waals surface area contributed by atoms with Crippen LogP contribution in [-0.4, -0.2) is 17.7 Å². The molecule has 3 nitrogen and oxygen atoms in total. The van der Waals surface area contributed by atoms with Crippen molar-refractivity contribution in [2.75, 3.05) is 0 Å². The zero-order valence-electron chi connectivity index (χ0n) is 10.3. The average Bonchev–Trinajstić information content (AvgIpc) is 2.43. The molecule has 0 saturated carbocycles. The lowest BCUT2D eigenvalue weighted by atomic mass is 10.2. The fourth-order valence-corrected chi connectivity index (χ4v) is 3.85. The number of aldehydes is 2. The molecule has 0 radical (unpaired) electrons. The van der Waals surface area contributed by atoms with Crippen molar-refractivity contribution in [3.05, 3.63) is 59.3 Å². The molecule has 21 heavy (non-hydrogen) atoms. The van der Waals surface area contributed by atoms with Crippen molar-refractivity contribution >= 4 is 76.3 Å². The van der Waals surface area contributed by atoms with Crippen molar-refractivity contribution in [2.45, 2.75) is 0 Å². The van der Waals surface area contributed by atoms with Crippen LogP contribution >= 0.6 is 63.7 Å². The highest BCUT2D eigenvalue weighted by Crippen LogP contribution is 2.32. The Kier molecular flexibility index (Phi) is 7.79. The smallest absolute Gasteiger partial charge is 0.150 e. The Morgan fingerprint density at radius 2 is 1.10 bits per heavy atom. The van der Waals surface area contributed by atoms with Gasteiger partial charge in [-0.15, -0.1) is 0 Å². The van der Waals surface area contributed by atoms with Crippen molar-refractivity contribution < 1.29 is 14.7 Å². The predicted octanol–water partition coefficient (Wildman–Crippen LogP) is 5.75. The molecule has 2 rings (SSSR count). The van der Waals surface area contributed by atoms with Crippen LogP contribution < -0.4 is 0 Å². The Balaban J connectivity index is 0.000000211. The van der Waals surface area contributed by atoms with Gasteiger partial charge < -0.3 is 5.11 Å². The lowest BCUT2D eigenvalue weighted by molar-refractivity contribution is 0.111. The minimum absolute atomic E-state index is 0.107. The van der Waals surface area contributed by atoms with Gasteiger partial charge in [-0.25, -0.2) is 0 Å². The number of aromatic hydroxyl groups is 1. The lowest BCUT2D eigenvalue weighted by Crippen LogP contribution is -1.80. The number of hydrogen-bond acceptors (Lipinski definition) is 3. The molecule has 0 unspecified atom stereocenters. The van der Waals surface area contributed by atoms with Crippen molar-refractivity contribution in [3.8, 4) is 5.75 Å². The summed E-state index contributed by atoms with van der Waals surface area (Å²) < 4.78 is 2.83. The predicted molar refractivity (Wildman–Crippen MR) is 96.1 cm³/mol. The first-order valence-electron chi connectivity index (χ1n) is 5.42.